The van der Waals surface area contributed by atoms with Gasteiger partial charge in [0, 0.05) is 6.42 Å². The number of rotatable bonds is 2. The molecule has 0 unspecified atom stereocenters. The molecule has 72 valence electrons. The van der Waals surface area contributed by atoms with Crippen molar-refractivity contribution in [1.29, 1.82) is 0 Å². The van der Waals surface area contributed by atoms with Gasteiger partial charge < -0.3 is 4.48 Å². The van der Waals surface area contributed by atoms with Crippen molar-refractivity contribution in [3.63, 3.8) is 0 Å². The topological polar surface area (TPSA) is 0 Å². The van der Waals surface area contributed by atoms with Gasteiger partial charge in [0.05, 0.1) is 25.2 Å². The Bertz CT molecular complexity index is 145. The van der Waals surface area contributed by atoms with E-state index in [2.05, 4.69) is 27.7 Å². The van der Waals surface area contributed by atoms with Crippen molar-refractivity contribution in [1.82, 2.24) is 0 Å². The Morgan fingerprint density at radius 2 is 1.67 bits per heavy atom. The van der Waals surface area contributed by atoms with E-state index < -0.39 is 0 Å². The van der Waals surface area contributed by atoms with Crippen LogP contribution in [0.25, 0.3) is 0 Å². The zero-order valence-corrected chi connectivity index (χ0v) is 9.19. The molecule has 0 aromatic rings. The number of likely N-dealkylation sites (tertiary alicyclic amines) is 1. The minimum Gasteiger partial charge on any atom is -0.320 e. The molecule has 0 aliphatic carbocycles. The van der Waals surface area contributed by atoms with Crippen molar-refractivity contribution < 1.29 is 4.48 Å². The van der Waals surface area contributed by atoms with E-state index in [0.717, 1.165) is 0 Å². The monoisotopic (exact) mass is 170 g/mol. The highest BCUT2D eigenvalue weighted by Gasteiger charge is 2.42. The maximum atomic E-state index is 2.44. The summed E-state index contributed by atoms with van der Waals surface area (Å²) in [5.41, 5.74) is 0.530. The van der Waals surface area contributed by atoms with Crippen LogP contribution >= 0.6 is 0 Å². The van der Waals surface area contributed by atoms with Gasteiger partial charge in [0.15, 0.2) is 0 Å². The van der Waals surface area contributed by atoms with Gasteiger partial charge in [-0.15, -0.1) is 0 Å². The van der Waals surface area contributed by atoms with Crippen LogP contribution in [0.4, 0.5) is 0 Å². The Balaban J connectivity index is 2.81. The Kier molecular flexibility index (Phi) is 2.82. The van der Waals surface area contributed by atoms with E-state index in [1.165, 1.54) is 43.4 Å². The fraction of sp³-hybridized carbons (Fsp3) is 1.00. The second-order valence-corrected chi connectivity index (χ2v) is 4.77. The van der Waals surface area contributed by atoms with Gasteiger partial charge in [-0.1, -0.05) is 0 Å². The summed E-state index contributed by atoms with van der Waals surface area (Å²) in [7, 11) is 0. The van der Waals surface area contributed by atoms with Crippen LogP contribution < -0.4 is 0 Å². The molecule has 0 bridgehead atoms. The van der Waals surface area contributed by atoms with E-state index in [4.69, 9.17) is 0 Å². The Labute approximate surface area is 77.4 Å². The van der Waals surface area contributed by atoms with Crippen molar-refractivity contribution >= 4 is 0 Å². The van der Waals surface area contributed by atoms with E-state index in [0.29, 0.717) is 5.54 Å². The van der Waals surface area contributed by atoms with Crippen LogP contribution in [-0.2, 0) is 0 Å². The fourth-order valence-corrected chi connectivity index (χ4v) is 2.91. The van der Waals surface area contributed by atoms with Gasteiger partial charge in [-0.2, -0.15) is 0 Å². The van der Waals surface area contributed by atoms with Crippen LogP contribution in [0.1, 0.15) is 47.0 Å². The number of piperidine rings is 1. The molecule has 0 saturated carbocycles. The third-order valence-corrected chi connectivity index (χ3v) is 4.12. The van der Waals surface area contributed by atoms with E-state index >= 15 is 0 Å². The van der Waals surface area contributed by atoms with Crippen molar-refractivity contribution in [2.45, 2.75) is 52.5 Å². The summed E-state index contributed by atoms with van der Waals surface area (Å²) in [5, 5.41) is 0. The highest BCUT2D eigenvalue weighted by atomic mass is 15.4. The van der Waals surface area contributed by atoms with E-state index in [1.807, 2.05) is 0 Å². The molecule has 1 heterocycles. The van der Waals surface area contributed by atoms with Gasteiger partial charge in [0.1, 0.15) is 0 Å². The van der Waals surface area contributed by atoms with Crippen LogP contribution in [0, 0.1) is 0 Å². The summed E-state index contributed by atoms with van der Waals surface area (Å²) in [6.07, 6.45) is 4.28. The highest BCUT2D eigenvalue weighted by Crippen LogP contribution is 2.34. The summed E-state index contributed by atoms with van der Waals surface area (Å²) in [6.45, 7) is 13.6. The number of nitrogens with zero attached hydrogens (tertiary/aromatic N) is 1. The van der Waals surface area contributed by atoms with Crippen LogP contribution in [0.2, 0.25) is 0 Å². The normalized spacial score (nSPS) is 27.0. The summed E-state index contributed by atoms with van der Waals surface area (Å²) in [5.74, 6) is 0. The zero-order chi connectivity index (χ0) is 9.24. The van der Waals surface area contributed by atoms with Crippen molar-refractivity contribution in [3.05, 3.63) is 0 Å². The molecule has 1 rings (SSSR count). The second kappa shape index (κ2) is 3.37. The predicted molar refractivity (Wildman–Crippen MR) is 54.1 cm³/mol. The smallest absolute Gasteiger partial charge is 0.0935 e. The number of hydrogen-bond donors (Lipinski definition) is 0. The third kappa shape index (κ3) is 1.39. The summed E-state index contributed by atoms with van der Waals surface area (Å²) in [4.78, 5) is 0. The average Bonchev–Trinajstić information content (AvgIpc) is 2.05. The molecule has 0 amide bonds. The minimum atomic E-state index is 0.530. The summed E-state index contributed by atoms with van der Waals surface area (Å²) in [6, 6.07) is 0. The largest absolute Gasteiger partial charge is 0.320 e. The average molecular weight is 170 g/mol. The van der Waals surface area contributed by atoms with Gasteiger partial charge in [0.2, 0.25) is 0 Å². The third-order valence-electron chi connectivity index (χ3n) is 4.12. The van der Waals surface area contributed by atoms with Crippen molar-refractivity contribution in [2.75, 3.05) is 19.6 Å². The van der Waals surface area contributed by atoms with Crippen LogP contribution in [0.3, 0.4) is 0 Å². The maximum absolute atomic E-state index is 2.44. The molecule has 12 heavy (non-hydrogen) atoms. The standard InChI is InChI=1S/C11H24N/c1-5-12(6-2)10-8-7-9-11(12,3)4/h5-10H2,1-4H3/q+1. The van der Waals surface area contributed by atoms with Crippen LogP contribution in [0.15, 0.2) is 0 Å². The molecule has 1 heteroatoms. The Morgan fingerprint density at radius 3 is 2.00 bits per heavy atom. The molecule has 1 aliphatic rings. The number of hydrogen-bond acceptors (Lipinski definition) is 0. The highest BCUT2D eigenvalue weighted by molar-refractivity contribution is 4.74. The molecular weight excluding hydrogens is 146 g/mol. The Morgan fingerprint density at radius 1 is 1.08 bits per heavy atom. The zero-order valence-electron chi connectivity index (χ0n) is 9.19. The van der Waals surface area contributed by atoms with E-state index in [-0.39, 0.29) is 0 Å². The molecule has 1 fully saturated rings. The lowest BCUT2D eigenvalue weighted by atomic mass is 9.87. The molecular formula is C11H24N+. The molecule has 1 aliphatic heterocycles. The quantitative estimate of drug-likeness (QED) is 0.559. The van der Waals surface area contributed by atoms with Crippen LogP contribution in [0.5, 0.6) is 0 Å². The van der Waals surface area contributed by atoms with E-state index in [1.54, 1.807) is 0 Å². The molecule has 0 atom stereocenters. The first-order chi connectivity index (χ1) is 5.58. The molecule has 0 spiro atoms. The van der Waals surface area contributed by atoms with Gasteiger partial charge in [0.25, 0.3) is 0 Å². The summed E-state index contributed by atoms with van der Waals surface area (Å²) < 4.78 is 1.34. The van der Waals surface area contributed by atoms with Gasteiger partial charge in [-0.05, 0) is 40.5 Å². The first kappa shape index (κ1) is 10.0. The molecule has 1 saturated heterocycles. The predicted octanol–water partition coefficient (Wildman–Crippen LogP) is 2.81. The van der Waals surface area contributed by atoms with Crippen molar-refractivity contribution in [2.24, 2.45) is 0 Å². The lowest BCUT2D eigenvalue weighted by Gasteiger charge is -2.52. The first-order valence-corrected chi connectivity index (χ1v) is 5.44. The summed E-state index contributed by atoms with van der Waals surface area (Å²) >= 11 is 0. The maximum Gasteiger partial charge on any atom is 0.0935 e. The lowest BCUT2D eigenvalue weighted by Crippen LogP contribution is -2.63. The molecule has 0 aromatic carbocycles. The number of quaternary nitrogens is 1. The SMILES string of the molecule is CC[N+]1(CC)CCCCC1(C)C. The van der Waals surface area contributed by atoms with Crippen LogP contribution in [-0.4, -0.2) is 29.7 Å². The first-order valence-electron chi connectivity index (χ1n) is 5.44. The lowest BCUT2D eigenvalue weighted by molar-refractivity contribution is -0.974. The minimum absolute atomic E-state index is 0.530. The van der Waals surface area contributed by atoms with Gasteiger partial charge >= 0.3 is 0 Å². The van der Waals surface area contributed by atoms with Crippen molar-refractivity contribution in [3.8, 4) is 0 Å². The van der Waals surface area contributed by atoms with Gasteiger partial charge in [-0.25, -0.2) is 0 Å². The molecule has 0 aromatic heterocycles. The van der Waals surface area contributed by atoms with E-state index in [9.17, 15) is 0 Å². The second-order valence-electron chi connectivity index (χ2n) is 4.77. The molecule has 1 nitrogen and oxygen atoms in total. The molecule has 0 N–H and O–H groups in total. The fourth-order valence-electron chi connectivity index (χ4n) is 2.91. The van der Waals surface area contributed by atoms with Gasteiger partial charge in [-0.3, -0.25) is 0 Å². The molecule has 0 radical (unpaired) electrons. The Hall–Kier alpha value is -0.0400.